The number of rotatable bonds is 3. The summed E-state index contributed by atoms with van der Waals surface area (Å²) in [6.07, 6.45) is 3.56. The maximum Gasteiger partial charge on any atom is 0.272 e. The zero-order valence-corrected chi connectivity index (χ0v) is 12.5. The molecule has 0 saturated heterocycles. The van der Waals surface area contributed by atoms with E-state index in [1.807, 2.05) is 13.8 Å². The van der Waals surface area contributed by atoms with Crippen LogP contribution in [0.25, 0.3) is 0 Å². The van der Waals surface area contributed by atoms with Crippen LogP contribution in [0.2, 0.25) is 0 Å². The van der Waals surface area contributed by atoms with Crippen LogP contribution >= 0.6 is 0 Å². The summed E-state index contributed by atoms with van der Waals surface area (Å²) in [7, 11) is 0. The van der Waals surface area contributed by atoms with Gasteiger partial charge in [0.25, 0.3) is 11.8 Å². The first-order valence-electron chi connectivity index (χ1n) is 7.24. The number of aromatic amines is 1. The van der Waals surface area contributed by atoms with Gasteiger partial charge in [0.1, 0.15) is 6.26 Å². The van der Waals surface area contributed by atoms with Gasteiger partial charge in [0.05, 0.1) is 18.4 Å². The zero-order valence-electron chi connectivity index (χ0n) is 12.5. The highest BCUT2D eigenvalue weighted by Gasteiger charge is 2.28. The van der Waals surface area contributed by atoms with Gasteiger partial charge in [-0.05, 0) is 19.9 Å². The minimum absolute atomic E-state index is 0.0344. The fourth-order valence-electron chi connectivity index (χ4n) is 2.56. The van der Waals surface area contributed by atoms with E-state index in [0.717, 1.165) is 11.3 Å². The Kier molecular flexibility index (Phi) is 3.70. The van der Waals surface area contributed by atoms with Crippen LogP contribution < -0.4 is 5.32 Å². The lowest BCUT2D eigenvalue weighted by atomic mass is 10.0. The largest absolute Gasteiger partial charge is 0.472 e. The minimum atomic E-state index is -0.217. The number of aromatic nitrogens is 2. The summed E-state index contributed by atoms with van der Waals surface area (Å²) in [5.74, 6) is -0.319. The molecule has 2 N–H and O–H groups in total. The quantitative estimate of drug-likeness (QED) is 0.895. The monoisotopic (exact) mass is 302 g/mol. The Morgan fingerprint density at radius 3 is 2.95 bits per heavy atom. The molecule has 2 aromatic heterocycles. The van der Waals surface area contributed by atoms with Gasteiger partial charge in [0.15, 0.2) is 5.69 Å². The summed E-state index contributed by atoms with van der Waals surface area (Å²) in [5.41, 5.74) is 2.60. The molecule has 22 heavy (non-hydrogen) atoms. The molecule has 0 aliphatic carbocycles. The number of hydrogen-bond donors (Lipinski definition) is 2. The molecule has 0 fully saturated rings. The number of carbonyl (C=O) groups excluding carboxylic acids is 2. The highest BCUT2D eigenvalue weighted by molar-refractivity contribution is 5.96. The Morgan fingerprint density at radius 1 is 1.45 bits per heavy atom. The zero-order chi connectivity index (χ0) is 15.7. The fourth-order valence-corrected chi connectivity index (χ4v) is 2.56. The highest BCUT2D eigenvalue weighted by Crippen LogP contribution is 2.22. The molecular formula is C15H18N4O3. The molecule has 1 aliphatic heterocycles. The predicted molar refractivity (Wildman–Crippen MR) is 78.3 cm³/mol. The maximum atomic E-state index is 12.4. The topological polar surface area (TPSA) is 91.2 Å². The van der Waals surface area contributed by atoms with Gasteiger partial charge < -0.3 is 14.6 Å². The third-order valence-electron chi connectivity index (χ3n) is 3.62. The Balaban J connectivity index is 1.81. The lowest BCUT2D eigenvalue weighted by molar-refractivity contribution is 0.0730. The molecule has 0 saturated carbocycles. The van der Waals surface area contributed by atoms with Crippen molar-refractivity contribution in [3.8, 4) is 0 Å². The Hall–Kier alpha value is -2.57. The van der Waals surface area contributed by atoms with Crippen molar-refractivity contribution in [2.45, 2.75) is 32.9 Å². The van der Waals surface area contributed by atoms with E-state index in [1.165, 1.54) is 12.5 Å². The molecule has 1 aliphatic rings. The van der Waals surface area contributed by atoms with Gasteiger partial charge in [0, 0.05) is 30.3 Å². The fraction of sp³-hybridized carbons (Fsp3) is 0.400. The van der Waals surface area contributed by atoms with E-state index in [2.05, 4.69) is 15.5 Å². The summed E-state index contributed by atoms with van der Waals surface area (Å²) >= 11 is 0. The minimum Gasteiger partial charge on any atom is -0.472 e. The smallest absolute Gasteiger partial charge is 0.272 e. The van der Waals surface area contributed by atoms with Gasteiger partial charge in [-0.2, -0.15) is 5.10 Å². The van der Waals surface area contributed by atoms with E-state index >= 15 is 0 Å². The Labute approximate surface area is 127 Å². The van der Waals surface area contributed by atoms with Crippen LogP contribution in [0, 0.1) is 0 Å². The first kappa shape index (κ1) is 14.4. The van der Waals surface area contributed by atoms with Crippen molar-refractivity contribution in [3.63, 3.8) is 0 Å². The number of carbonyl (C=O) groups is 2. The van der Waals surface area contributed by atoms with Gasteiger partial charge in [-0.3, -0.25) is 14.7 Å². The van der Waals surface area contributed by atoms with Crippen LogP contribution in [0.1, 0.15) is 46.0 Å². The normalized spacial score (nSPS) is 14.0. The standard InChI is InChI=1S/C15H18N4O3/c1-9(2)16-14(20)13-11-7-19(5-3-12(11)17-18-13)15(21)10-4-6-22-8-10/h4,6,8-9H,3,5,7H2,1-2H3,(H,16,20)(H,17,18). The molecule has 0 spiro atoms. The summed E-state index contributed by atoms with van der Waals surface area (Å²) in [6, 6.07) is 1.67. The number of amides is 2. The van der Waals surface area contributed by atoms with E-state index in [-0.39, 0.29) is 17.9 Å². The molecule has 0 bridgehead atoms. The lowest BCUT2D eigenvalue weighted by Gasteiger charge is -2.26. The molecule has 3 heterocycles. The molecular weight excluding hydrogens is 284 g/mol. The van der Waals surface area contributed by atoms with Gasteiger partial charge in [-0.1, -0.05) is 0 Å². The Bertz CT molecular complexity index is 688. The summed E-state index contributed by atoms with van der Waals surface area (Å²) < 4.78 is 4.96. The maximum absolute atomic E-state index is 12.4. The SMILES string of the molecule is CC(C)NC(=O)c1n[nH]c2c1CN(C(=O)c1ccoc1)CC2. The molecule has 0 atom stereocenters. The molecule has 2 aromatic rings. The molecule has 0 aromatic carbocycles. The second-order valence-electron chi connectivity index (χ2n) is 5.65. The van der Waals surface area contributed by atoms with Crippen molar-refractivity contribution in [2.75, 3.05) is 6.54 Å². The average Bonchev–Trinajstić information content (AvgIpc) is 3.14. The second kappa shape index (κ2) is 5.67. The molecule has 116 valence electrons. The van der Waals surface area contributed by atoms with E-state index in [9.17, 15) is 9.59 Å². The number of nitrogens with one attached hydrogen (secondary N) is 2. The number of fused-ring (bicyclic) bond motifs is 1. The predicted octanol–water partition coefficient (Wildman–Crippen LogP) is 1.34. The number of nitrogens with zero attached hydrogens (tertiary/aromatic N) is 2. The van der Waals surface area contributed by atoms with E-state index in [1.54, 1.807) is 11.0 Å². The van der Waals surface area contributed by atoms with Gasteiger partial charge in [-0.15, -0.1) is 0 Å². The summed E-state index contributed by atoms with van der Waals surface area (Å²) in [6.45, 7) is 4.75. The molecule has 2 amide bonds. The van der Waals surface area contributed by atoms with E-state index in [4.69, 9.17) is 4.42 Å². The van der Waals surface area contributed by atoms with Gasteiger partial charge in [0.2, 0.25) is 0 Å². The average molecular weight is 302 g/mol. The van der Waals surface area contributed by atoms with Crippen molar-refractivity contribution in [1.29, 1.82) is 0 Å². The van der Waals surface area contributed by atoms with Crippen LogP contribution in [0.15, 0.2) is 23.0 Å². The first-order chi connectivity index (χ1) is 10.6. The van der Waals surface area contributed by atoms with Crippen LogP contribution in [-0.4, -0.2) is 39.5 Å². The molecule has 0 unspecified atom stereocenters. The van der Waals surface area contributed by atoms with Crippen LogP contribution in [-0.2, 0) is 13.0 Å². The molecule has 3 rings (SSSR count). The van der Waals surface area contributed by atoms with E-state index in [0.29, 0.717) is 30.8 Å². The van der Waals surface area contributed by atoms with E-state index < -0.39 is 0 Å². The first-order valence-corrected chi connectivity index (χ1v) is 7.24. The third kappa shape index (κ3) is 2.61. The second-order valence-corrected chi connectivity index (χ2v) is 5.65. The highest BCUT2D eigenvalue weighted by atomic mass is 16.3. The van der Waals surface area contributed by atoms with Crippen LogP contribution in [0.3, 0.4) is 0 Å². The van der Waals surface area contributed by atoms with Crippen molar-refractivity contribution in [1.82, 2.24) is 20.4 Å². The number of H-pyrrole nitrogens is 1. The van der Waals surface area contributed by atoms with Crippen molar-refractivity contribution in [3.05, 3.63) is 41.1 Å². The summed E-state index contributed by atoms with van der Waals surface area (Å²) in [5, 5.41) is 9.85. The van der Waals surface area contributed by atoms with Crippen molar-refractivity contribution in [2.24, 2.45) is 0 Å². The molecule has 0 radical (unpaired) electrons. The van der Waals surface area contributed by atoms with Crippen molar-refractivity contribution >= 4 is 11.8 Å². The number of hydrogen-bond acceptors (Lipinski definition) is 4. The molecule has 7 nitrogen and oxygen atoms in total. The van der Waals surface area contributed by atoms with Crippen molar-refractivity contribution < 1.29 is 14.0 Å². The van der Waals surface area contributed by atoms with Gasteiger partial charge >= 0.3 is 0 Å². The van der Waals surface area contributed by atoms with Gasteiger partial charge in [-0.25, -0.2) is 0 Å². The van der Waals surface area contributed by atoms with Crippen LogP contribution in [0.4, 0.5) is 0 Å². The Morgan fingerprint density at radius 2 is 2.27 bits per heavy atom. The lowest BCUT2D eigenvalue weighted by Crippen LogP contribution is -2.37. The number of furan rings is 1. The molecule has 7 heteroatoms. The summed E-state index contributed by atoms with van der Waals surface area (Å²) in [4.78, 5) is 26.3. The van der Waals surface area contributed by atoms with Crippen LogP contribution in [0.5, 0.6) is 0 Å². The third-order valence-corrected chi connectivity index (χ3v) is 3.62.